The quantitative estimate of drug-likeness (QED) is 0.722. The van der Waals surface area contributed by atoms with Gasteiger partial charge in [0, 0.05) is 5.56 Å². The highest BCUT2D eigenvalue weighted by molar-refractivity contribution is 6.29. The Labute approximate surface area is 116 Å². The molecule has 0 radical (unpaired) electrons. The molecule has 0 bridgehead atoms. The van der Waals surface area contributed by atoms with Crippen LogP contribution in [0, 0.1) is 0 Å². The van der Waals surface area contributed by atoms with Gasteiger partial charge in [-0.15, -0.1) is 0 Å². The molecule has 0 fully saturated rings. The molecule has 96 valence electrons. The minimum Gasteiger partial charge on any atom is -0.387 e. The van der Waals surface area contributed by atoms with Gasteiger partial charge in [-0.3, -0.25) is 4.40 Å². The molecule has 4 heteroatoms. The fraction of sp³-hybridized carbons (Fsp3) is 0.133. The van der Waals surface area contributed by atoms with E-state index in [9.17, 15) is 5.11 Å². The third kappa shape index (κ3) is 2.01. The SMILES string of the molecule is CC(O)c1c(-c2ccccc2)nc2cccc(Cl)n12. The van der Waals surface area contributed by atoms with Crippen molar-refractivity contribution in [2.24, 2.45) is 0 Å². The summed E-state index contributed by atoms with van der Waals surface area (Å²) in [6.07, 6.45) is -0.648. The summed E-state index contributed by atoms with van der Waals surface area (Å²) in [6, 6.07) is 15.3. The number of aliphatic hydroxyl groups excluding tert-OH is 1. The Hall–Kier alpha value is -1.84. The molecule has 0 aliphatic heterocycles. The van der Waals surface area contributed by atoms with Gasteiger partial charge in [-0.2, -0.15) is 0 Å². The maximum Gasteiger partial charge on any atom is 0.138 e. The van der Waals surface area contributed by atoms with Gasteiger partial charge in [0.15, 0.2) is 0 Å². The highest BCUT2D eigenvalue weighted by atomic mass is 35.5. The molecule has 2 aromatic heterocycles. The van der Waals surface area contributed by atoms with Crippen molar-refractivity contribution in [3.8, 4) is 11.3 Å². The number of benzene rings is 1. The van der Waals surface area contributed by atoms with Crippen LogP contribution in [-0.2, 0) is 0 Å². The molecular weight excluding hydrogens is 260 g/mol. The number of aromatic nitrogens is 2. The van der Waals surface area contributed by atoms with Crippen molar-refractivity contribution in [3.05, 3.63) is 59.4 Å². The van der Waals surface area contributed by atoms with Crippen molar-refractivity contribution in [1.82, 2.24) is 9.38 Å². The maximum absolute atomic E-state index is 10.1. The minimum absolute atomic E-state index is 0.545. The maximum atomic E-state index is 10.1. The lowest BCUT2D eigenvalue weighted by molar-refractivity contribution is 0.194. The van der Waals surface area contributed by atoms with Crippen LogP contribution in [0.2, 0.25) is 5.15 Å². The van der Waals surface area contributed by atoms with Crippen molar-refractivity contribution in [2.75, 3.05) is 0 Å². The first-order chi connectivity index (χ1) is 9.18. The second kappa shape index (κ2) is 4.68. The molecule has 1 unspecified atom stereocenters. The van der Waals surface area contributed by atoms with Crippen LogP contribution in [0.3, 0.4) is 0 Å². The van der Waals surface area contributed by atoms with Crippen molar-refractivity contribution in [3.63, 3.8) is 0 Å². The van der Waals surface area contributed by atoms with E-state index >= 15 is 0 Å². The van der Waals surface area contributed by atoms with E-state index in [2.05, 4.69) is 4.98 Å². The van der Waals surface area contributed by atoms with E-state index in [1.807, 2.05) is 42.5 Å². The molecule has 1 aromatic carbocycles. The molecule has 0 saturated heterocycles. The standard InChI is InChI=1S/C15H13ClN2O/c1-10(19)15-14(11-6-3-2-4-7-11)17-13-9-5-8-12(16)18(13)15/h2-10,19H,1H3. The highest BCUT2D eigenvalue weighted by Gasteiger charge is 2.19. The lowest BCUT2D eigenvalue weighted by Crippen LogP contribution is -2.00. The molecule has 1 N–H and O–H groups in total. The first-order valence-corrected chi connectivity index (χ1v) is 6.46. The monoisotopic (exact) mass is 272 g/mol. The van der Waals surface area contributed by atoms with E-state index < -0.39 is 6.10 Å². The van der Waals surface area contributed by atoms with E-state index in [1.54, 1.807) is 17.4 Å². The molecule has 3 nitrogen and oxygen atoms in total. The van der Waals surface area contributed by atoms with Gasteiger partial charge in [0.25, 0.3) is 0 Å². The van der Waals surface area contributed by atoms with Gasteiger partial charge in [0.1, 0.15) is 10.8 Å². The predicted octanol–water partition coefficient (Wildman–Crippen LogP) is 3.71. The molecule has 0 aliphatic rings. The molecule has 0 amide bonds. The van der Waals surface area contributed by atoms with E-state index in [0.717, 1.165) is 16.9 Å². The van der Waals surface area contributed by atoms with E-state index in [1.165, 1.54) is 0 Å². The number of rotatable bonds is 2. The molecule has 0 spiro atoms. The molecular formula is C15H13ClN2O. The number of aliphatic hydroxyl groups is 1. The molecule has 0 saturated carbocycles. The van der Waals surface area contributed by atoms with Gasteiger partial charge in [-0.05, 0) is 19.1 Å². The number of halogens is 1. The number of imidazole rings is 1. The summed E-state index contributed by atoms with van der Waals surface area (Å²) in [5.41, 5.74) is 3.19. The highest BCUT2D eigenvalue weighted by Crippen LogP contribution is 2.30. The Morgan fingerprint density at radius 1 is 1.11 bits per heavy atom. The molecule has 3 rings (SSSR count). The second-order valence-corrected chi connectivity index (χ2v) is 4.82. The van der Waals surface area contributed by atoms with Crippen LogP contribution < -0.4 is 0 Å². The fourth-order valence-electron chi connectivity index (χ4n) is 2.27. The zero-order chi connectivity index (χ0) is 13.4. The number of pyridine rings is 1. The Bertz CT molecular complexity index is 720. The van der Waals surface area contributed by atoms with E-state index in [0.29, 0.717) is 10.8 Å². The van der Waals surface area contributed by atoms with Gasteiger partial charge in [0.05, 0.1) is 17.5 Å². The van der Waals surface area contributed by atoms with Crippen LogP contribution in [0.1, 0.15) is 18.7 Å². The van der Waals surface area contributed by atoms with Crippen molar-refractivity contribution >= 4 is 17.2 Å². The summed E-state index contributed by atoms with van der Waals surface area (Å²) >= 11 is 6.22. The molecule has 1 atom stereocenters. The summed E-state index contributed by atoms with van der Waals surface area (Å²) in [6.45, 7) is 1.72. The van der Waals surface area contributed by atoms with Gasteiger partial charge in [-0.1, -0.05) is 48.0 Å². The Morgan fingerprint density at radius 2 is 1.84 bits per heavy atom. The van der Waals surface area contributed by atoms with Gasteiger partial charge in [-0.25, -0.2) is 4.98 Å². The van der Waals surface area contributed by atoms with Crippen molar-refractivity contribution < 1.29 is 5.11 Å². The molecule has 0 aliphatic carbocycles. The summed E-state index contributed by atoms with van der Waals surface area (Å²) in [5.74, 6) is 0. The zero-order valence-electron chi connectivity index (χ0n) is 10.4. The van der Waals surface area contributed by atoms with Crippen LogP contribution >= 0.6 is 11.6 Å². The molecule has 3 aromatic rings. The largest absolute Gasteiger partial charge is 0.387 e. The summed E-state index contributed by atoms with van der Waals surface area (Å²) in [4.78, 5) is 4.58. The zero-order valence-corrected chi connectivity index (χ0v) is 11.2. The summed E-state index contributed by atoms with van der Waals surface area (Å²) < 4.78 is 1.79. The third-order valence-corrected chi connectivity index (χ3v) is 3.37. The lowest BCUT2D eigenvalue weighted by atomic mass is 10.1. The Kier molecular flexibility index (Phi) is 3.01. The van der Waals surface area contributed by atoms with E-state index in [4.69, 9.17) is 11.6 Å². The minimum atomic E-state index is -0.648. The summed E-state index contributed by atoms with van der Waals surface area (Å²) in [7, 11) is 0. The number of nitrogens with zero attached hydrogens (tertiary/aromatic N) is 2. The number of hydrogen-bond acceptors (Lipinski definition) is 2. The topological polar surface area (TPSA) is 37.5 Å². The van der Waals surface area contributed by atoms with Crippen molar-refractivity contribution in [1.29, 1.82) is 0 Å². The van der Waals surface area contributed by atoms with Crippen LogP contribution in [-0.4, -0.2) is 14.5 Å². The second-order valence-electron chi connectivity index (χ2n) is 4.43. The molecule has 2 heterocycles. The van der Waals surface area contributed by atoms with E-state index in [-0.39, 0.29) is 0 Å². The average Bonchev–Trinajstić information content (AvgIpc) is 2.81. The number of hydrogen-bond donors (Lipinski definition) is 1. The van der Waals surface area contributed by atoms with Gasteiger partial charge in [0.2, 0.25) is 0 Å². The van der Waals surface area contributed by atoms with Crippen LogP contribution in [0.5, 0.6) is 0 Å². The first kappa shape index (κ1) is 12.2. The van der Waals surface area contributed by atoms with Gasteiger partial charge < -0.3 is 5.11 Å². The third-order valence-electron chi connectivity index (χ3n) is 3.07. The normalized spacial score (nSPS) is 12.8. The first-order valence-electron chi connectivity index (χ1n) is 6.09. The lowest BCUT2D eigenvalue weighted by Gasteiger charge is -2.09. The number of fused-ring (bicyclic) bond motifs is 1. The smallest absolute Gasteiger partial charge is 0.138 e. The van der Waals surface area contributed by atoms with Crippen LogP contribution in [0.15, 0.2) is 48.5 Å². The van der Waals surface area contributed by atoms with Gasteiger partial charge >= 0.3 is 0 Å². The molecule has 19 heavy (non-hydrogen) atoms. The Balaban J connectivity index is 2.37. The fourth-order valence-corrected chi connectivity index (χ4v) is 2.52. The Morgan fingerprint density at radius 3 is 2.53 bits per heavy atom. The van der Waals surface area contributed by atoms with Crippen molar-refractivity contribution in [2.45, 2.75) is 13.0 Å². The van der Waals surface area contributed by atoms with Crippen LogP contribution in [0.4, 0.5) is 0 Å². The summed E-state index contributed by atoms with van der Waals surface area (Å²) in [5, 5.41) is 10.6. The average molecular weight is 273 g/mol. The predicted molar refractivity (Wildman–Crippen MR) is 76.3 cm³/mol. The van der Waals surface area contributed by atoms with Crippen LogP contribution in [0.25, 0.3) is 16.9 Å².